The predicted molar refractivity (Wildman–Crippen MR) is 108 cm³/mol. The van der Waals surface area contributed by atoms with Crippen molar-refractivity contribution in [1.82, 2.24) is 14.9 Å². The molecule has 0 radical (unpaired) electrons. The van der Waals surface area contributed by atoms with Crippen molar-refractivity contribution >= 4 is 34.1 Å². The second kappa shape index (κ2) is 8.85. The lowest BCUT2D eigenvalue weighted by Gasteiger charge is -2.19. The lowest BCUT2D eigenvalue weighted by molar-refractivity contribution is -0.137. The molecule has 30 heavy (non-hydrogen) atoms. The number of aromatic nitrogens is 2. The van der Waals surface area contributed by atoms with Crippen LogP contribution in [0.1, 0.15) is 18.3 Å². The van der Waals surface area contributed by atoms with Crippen LogP contribution in [0.3, 0.4) is 0 Å². The van der Waals surface area contributed by atoms with E-state index in [0.29, 0.717) is 23.3 Å². The number of H-pyrrole nitrogens is 1. The molecular weight excluding hydrogens is 421 g/mol. The molecule has 2 N–H and O–H groups in total. The maximum absolute atomic E-state index is 13.0. The summed E-state index contributed by atoms with van der Waals surface area (Å²) in [6, 6.07) is 10.1. The highest BCUT2D eigenvalue weighted by Gasteiger charge is 2.33. The fourth-order valence-electron chi connectivity index (χ4n) is 2.92. The quantitative estimate of drug-likeness (QED) is 0.608. The van der Waals surface area contributed by atoms with Crippen LogP contribution in [0.4, 0.5) is 18.9 Å². The second-order valence-corrected chi connectivity index (χ2v) is 6.98. The van der Waals surface area contributed by atoms with Crippen molar-refractivity contribution in [3.05, 3.63) is 69.2 Å². The van der Waals surface area contributed by atoms with Gasteiger partial charge in [0.25, 0.3) is 5.56 Å². The number of nitrogens with zero attached hydrogens (tertiary/aromatic N) is 2. The molecule has 0 saturated heterocycles. The Balaban J connectivity index is 1.70. The summed E-state index contributed by atoms with van der Waals surface area (Å²) in [5, 5.41) is 2.46. The lowest BCUT2D eigenvalue weighted by Crippen LogP contribution is -2.34. The van der Waals surface area contributed by atoms with Crippen LogP contribution in [0.5, 0.6) is 0 Å². The fraction of sp³-hybridized carbons (Fsp3) is 0.250. The molecule has 0 unspecified atom stereocenters. The smallest absolute Gasteiger partial charge is 0.325 e. The Hall–Kier alpha value is -2.91. The summed E-state index contributed by atoms with van der Waals surface area (Å²) in [5.41, 5.74) is -0.771. The molecule has 2 aromatic carbocycles. The molecular formula is C20H18ClF3N4O2. The molecule has 1 aromatic heterocycles. The van der Waals surface area contributed by atoms with E-state index in [-0.39, 0.29) is 24.3 Å². The summed E-state index contributed by atoms with van der Waals surface area (Å²) < 4.78 is 38.9. The van der Waals surface area contributed by atoms with Gasteiger partial charge in [0.05, 0.1) is 34.6 Å². The summed E-state index contributed by atoms with van der Waals surface area (Å²) in [6.07, 6.45) is -4.62. The zero-order valence-corrected chi connectivity index (χ0v) is 16.6. The molecule has 6 nitrogen and oxygen atoms in total. The number of anilines is 1. The predicted octanol–water partition coefficient (Wildman–Crippen LogP) is 4.06. The molecule has 1 heterocycles. The maximum atomic E-state index is 13.0. The van der Waals surface area contributed by atoms with E-state index in [1.165, 1.54) is 6.07 Å². The number of nitrogens with one attached hydrogen (secondary N) is 2. The summed E-state index contributed by atoms with van der Waals surface area (Å²) in [6.45, 7) is 2.37. The normalized spacial score (nSPS) is 11.8. The number of benzene rings is 2. The third-order valence-electron chi connectivity index (χ3n) is 4.41. The van der Waals surface area contributed by atoms with Crippen LogP contribution in [0.2, 0.25) is 5.02 Å². The number of likely N-dealkylation sites (N-methyl/N-ethyl adjacent to an activating group) is 1. The summed E-state index contributed by atoms with van der Waals surface area (Å²) >= 11 is 5.59. The van der Waals surface area contributed by atoms with E-state index in [1.807, 2.05) is 6.92 Å². The van der Waals surface area contributed by atoms with Gasteiger partial charge in [0.15, 0.2) is 0 Å². The Labute approximate surface area is 174 Å². The number of amides is 1. The van der Waals surface area contributed by atoms with Crippen molar-refractivity contribution in [3.8, 4) is 0 Å². The molecule has 0 atom stereocenters. The molecule has 0 aliphatic rings. The van der Waals surface area contributed by atoms with Gasteiger partial charge in [-0.2, -0.15) is 13.2 Å². The first-order chi connectivity index (χ1) is 14.2. The molecule has 3 aromatic rings. The van der Waals surface area contributed by atoms with Crippen molar-refractivity contribution in [3.63, 3.8) is 0 Å². The zero-order chi connectivity index (χ0) is 21.9. The van der Waals surface area contributed by atoms with Gasteiger partial charge in [-0.15, -0.1) is 0 Å². The van der Waals surface area contributed by atoms with Crippen molar-refractivity contribution in [1.29, 1.82) is 0 Å². The van der Waals surface area contributed by atoms with E-state index in [9.17, 15) is 22.8 Å². The first kappa shape index (κ1) is 21.8. The minimum Gasteiger partial charge on any atom is -0.325 e. The third-order valence-corrected chi connectivity index (χ3v) is 4.73. The van der Waals surface area contributed by atoms with Crippen LogP contribution in [-0.4, -0.2) is 33.9 Å². The zero-order valence-electron chi connectivity index (χ0n) is 15.9. The number of aromatic amines is 1. The minimum atomic E-state index is -4.62. The monoisotopic (exact) mass is 438 g/mol. The summed E-state index contributed by atoms with van der Waals surface area (Å²) in [7, 11) is 0. The summed E-state index contributed by atoms with van der Waals surface area (Å²) in [4.78, 5) is 33.3. The number of alkyl halides is 3. The van der Waals surface area contributed by atoms with E-state index in [4.69, 9.17) is 11.6 Å². The molecule has 0 aliphatic carbocycles. The number of carbonyl (C=O) groups excluding carboxylic acids is 1. The van der Waals surface area contributed by atoms with Gasteiger partial charge in [-0.05, 0) is 36.9 Å². The number of para-hydroxylation sites is 1. The second-order valence-electron chi connectivity index (χ2n) is 6.57. The first-order valence-corrected chi connectivity index (χ1v) is 9.42. The Kier molecular flexibility index (Phi) is 6.42. The van der Waals surface area contributed by atoms with E-state index in [0.717, 1.165) is 12.1 Å². The molecule has 10 heteroatoms. The van der Waals surface area contributed by atoms with E-state index < -0.39 is 22.7 Å². The van der Waals surface area contributed by atoms with Gasteiger partial charge >= 0.3 is 6.18 Å². The number of halogens is 4. The molecule has 0 bridgehead atoms. The largest absolute Gasteiger partial charge is 0.417 e. The molecule has 158 valence electrons. The third kappa shape index (κ3) is 5.17. The van der Waals surface area contributed by atoms with Crippen molar-refractivity contribution in [2.24, 2.45) is 0 Å². The Morgan fingerprint density at radius 1 is 1.23 bits per heavy atom. The SMILES string of the molecule is CCN(CC(=O)Nc1ccc(Cl)c(C(F)(F)F)c1)Cc1nc2ccccc2c(=O)[nH]1. The number of hydrogen-bond donors (Lipinski definition) is 2. The van der Waals surface area contributed by atoms with Crippen molar-refractivity contribution < 1.29 is 18.0 Å². The van der Waals surface area contributed by atoms with Crippen LogP contribution in [0.15, 0.2) is 47.3 Å². The van der Waals surface area contributed by atoms with E-state index in [2.05, 4.69) is 15.3 Å². The molecule has 3 rings (SSSR count). The van der Waals surface area contributed by atoms with Gasteiger partial charge in [0, 0.05) is 5.69 Å². The Morgan fingerprint density at radius 2 is 1.97 bits per heavy atom. The van der Waals surface area contributed by atoms with Crippen LogP contribution in [-0.2, 0) is 17.5 Å². The number of hydrogen-bond acceptors (Lipinski definition) is 4. The van der Waals surface area contributed by atoms with Crippen molar-refractivity contribution in [2.45, 2.75) is 19.6 Å². The average Bonchev–Trinajstić information content (AvgIpc) is 2.68. The van der Waals surface area contributed by atoms with Crippen LogP contribution in [0, 0.1) is 0 Å². The van der Waals surface area contributed by atoms with Gasteiger partial charge in [-0.1, -0.05) is 30.7 Å². The standard InChI is InChI=1S/C20H18ClF3N4O2/c1-2-28(10-17-26-16-6-4-3-5-13(16)19(30)27-17)11-18(29)25-12-7-8-15(21)14(9-12)20(22,23)24/h3-9H,2,10-11H2,1H3,(H,25,29)(H,26,27,30). The van der Waals surface area contributed by atoms with E-state index >= 15 is 0 Å². The molecule has 1 amide bonds. The van der Waals surface area contributed by atoms with Crippen molar-refractivity contribution in [2.75, 3.05) is 18.4 Å². The van der Waals surface area contributed by atoms with Gasteiger partial charge in [0.2, 0.25) is 5.91 Å². The van der Waals surface area contributed by atoms with Gasteiger partial charge in [0.1, 0.15) is 5.82 Å². The maximum Gasteiger partial charge on any atom is 0.417 e. The van der Waals surface area contributed by atoms with Gasteiger partial charge in [-0.25, -0.2) is 4.98 Å². The Bertz CT molecular complexity index is 1130. The lowest BCUT2D eigenvalue weighted by atomic mass is 10.2. The molecule has 0 aliphatic heterocycles. The highest BCUT2D eigenvalue weighted by molar-refractivity contribution is 6.31. The number of fused-ring (bicyclic) bond motifs is 1. The fourth-order valence-corrected chi connectivity index (χ4v) is 3.15. The first-order valence-electron chi connectivity index (χ1n) is 9.04. The van der Waals surface area contributed by atoms with E-state index in [1.54, 1.807) is 29.2 Å². The van der Waals surface area contributed by atoms with Crippen LogP contribution in [0.25, 0.3) is 10.9 Å². The number of carbonyl (C=O) groups is 1. The van der Waals surface area contributed by atoms with Crippen LogP contribution < -0.4 is 10.9 Å². The molecule has 0 fully saturated rings. The highest BCUT2D eigenvalue weighted by Crippen LogP contribution is 2.36. The minimum absolute atomic E-state index is 0.00925. The average molecular weight is 439 g/mol. The number of rotatable bonds is 6. The molecule has 0 spiro atoms. The van der Waals surface area contributed by atoms with Crippen LogP contribution >= 0.6 is 11.6 Å². The highest BCUT2D eigenvalue weighted by atomic mass is 35.5. The van der Waals surface area contributed by atoms with Gasteiger partial charge in [-0.3, -0.25) is 14.5 Å². The van der Waals surface area contributed by atoms with Gasteiger partial charge < -0.3 is 10.3 Å². The molecule has 0 saturated carbocycles. The topological polar surface area (TPSA) is 78.1 Å². The Morgan fingerprint density at radius 3 is 2.67 bits per heavy atom. The summed E-state index contributed by atoms with van der Waals surface area (Å²) in [5.74, 6) is -0.116.